The van der Waals surface area contributed by atoms with Crippen LogP contribution in [0, 0.1) is 10.1 Å². The second-order valence-electron chi connectivity index (χ2n) is 3.61. The molecule has 90 valence electrons. The van der Waals surface area contributed by atoms with Crippen LogP contribution < -0.4 is 15.4 Å². The van der Waals surface area contributed by atoms with Gasteiger partial charge in [0.05, 0.1) is 12.0 Å². The summed E-state index contributed by atoms with van der Waals surface area (Å²) >= 11 is 0. The van der Waals surface area contributed by atoms with Crippen LogP contribution in [-0.2, 0) is 6.42 Å². The summed E-state index contributed by atoms with van der Waals surface area (Å²) in [5.41, 5.74) is 5.97. The molecule has 2 amide bonds. The number of nitro groups is 1. The molecular weight excluding hydrogens is 226 g/mol. The van der Waals surface area contributed by atoms with Crippen molar-refractivity contribution in [1.29, 1.82) is 0 Å². The molecule has 0 aromatic heterocycles. The lowest BCUT2D eigenvalue weighted by molar-refractivity contribution is -0.384. The lowest BCUT2D eigenvalue weighted by Gasteiger charge is -2.14. The minimum atomic E-state index is -0.694. The van der Waals surface area contributed by atoms with Gasteiger partial charge in [0.1, 0.15) is 11.4 Å². The molecule has 2 rings (SSSR count). The lowest BCUT2D eigenvalue weighted by Crippen LogP contribution is -2.34. The number of amides is 2. The van der Waals surface area contributed by atoms with Gasteiger partial charge in [0.2, 0.25) is 0 Å². The zero-order chi connectivity index (χ0) is 12.6. The zero-order valence-electron chi connectivity index (χ0n) is 9.17. The topological polar surface area (TPSA) is 98.7 Å². The van der Waals surface area contributed by atoms with Crippen molar-refractivity contribution >= 4 is 17.4 Å². The number of primary amides is 1. The Kier molecular flexibility index (Phi) is 2.58. The fourth-order valence-electron chi connectivity index (χ4n) is 2.04. The third-order valence-electron chi connectivity index (χ3n) is 2.76. The largest absolute Gasteiger partial charge is 0.496 e. The summed E-state index contributed by atoms with van der Waals surface area (Å²) in [7, 11) is 1.48. The van der Waals surface area contributed by atoms with Crippen LogP contribution in [0.25, 0.3) is 0 Å². The number of benzene rings is 1. The number of nitrogens with zero attached hydrogens (tertiary/aromatic N) is 2. The predicted octanol–water partition coefficient (Wildman–Crippen LogP) is 1.04. The van der Waals surface area contributed by atoms with E-state index < -0.39 is 11.0 Å². The number of hydrogen-bond acceptors (Lipinski definition) is 4. The van der Waals surface area contributed by atoms with E-state index in [1.165, 1.54) is 24.1 Å². The maximum atomic E-state index is 11.2. The Hall–Kier alpha value is -2.31. The van der Waals surface area contributed by atoms with Gasteiger partial charge >= 0.3 is 6.03 Å². The first-order valence-electron chi connectivity index (χ1n) is 4.97. The van der Waals surface area contributed by atoms with Crippen LogP contribution in [0.4, 0.5) is 16.2 Å². The maximum absolute atomic E-state index is 11.2. The highest BCUT2D eigenvalue weighted by atomic mass is 16.6. The van der Waals surface area contributed by atoms with Gasteiger partial charge in [-0.15, -0.1) is 0 Å². The zero-order valence-corrected chi connectivity index (χ0v) is 9.17. The third-order valence-corrected chi connectivity index (χ3v) is 2.76. The van der Waals surface area contributed by atoms with Crippen molar-refractivity contribution in [1.82, 2.24) is 0 Å². The summed E-state index contributed by atoms with van der Waals surface area (Å²) in [6.45, 7) is 0.339. The third kappa shape index (κ3) is 1.65. The predicted molar refractivity (Wildman–Crippen MR) is 60.3 cm³/mol. The second-order valence-corrected chi connectivity index (χ2v) is 3.61. The average molecular weight is 237 g/mol. The monoisotopic (exact) mass is 237 g/mol. The van der Waals surface area contributed by atoms with Crippen LogP contribution >= 0.6 is 0 Å². The molecule has 1 aliphatic rings. The smallest absolute Gasteiger partial charge is 0.319 e. The minimum Gasteiger partial charge on any atom is -0.496 e. The van der Waals surface area contributed by atoms with Crippen molar-refractivity contribution in [3.63, 3.8) is 0 Å². The molecule has 0 saturated carbocycles. The molecular formula is C10H11N3O4. The normalized spacial score (nSPS) is 13.4. The highest BCUT2D eigenvalue weighted by Gasteiger charge is 2.33. The molecule has 7 nitrogen and oxygen atoms in total. The highest BCUT2D eigenvalue weighted by molar-refractivity contribution is 5.96. The first kappa shape index (κ1) is 11.2. The van der Waals surface area contributed by atoms with Crippen molar-refractivity contribution in [3.8, 4) is 5.75 Å². The van der Waals surface area contributed by atoms with Gasteiger partial charge in [-0.25, -0.2) is 4.79 Å². The van der Waals surface area contributed by atoms with Gasteiger partial charge in [-0.1, -0.05) is 0 Å². The lowest BCUT2D eigenvalue weighted by atomic mass is 10.1. The Morgan fingerprint density at radius 3 is 2.82 bits per heavy atom. The van der Waals surface area contributed by atoms with Crippen molar-refractivity contribution < 1.29 is 14.5 Å². The van der Waals surface area contributed by atoms with E-state index in [0.717, 1.165) is 0 Å². The molecule has 0 fully saturated rings. The van der Waals surface area contributed by atoms with E-state index >= 15 is 0 Å². The Balaban J connectivity index is 2.64. The molecule has 0 unspecified atom stereocenters. The molecule has 0 aliphatic carbocycles. The summed E-state index contributed by atoms with van der Waals surface area (Å²) < 4.78 is 5.12. The first-order valence-corrected chi connectivity index (χ1v) is 4.97. The van der Waals surface area contributed by atoms with Crippen LogP contribution in [0.3, 0.4) is 0 Å². The highest BCUT2D eigenvalue weighted by Crippen LogP contribution is 2.41. The van der Waals surface area contributed by atoms with Crippen LogP contribution in [0.2, 0.25) is 0 Å². The fraction of sp³-hybridized carbons (Fsp3) is 0.300. The summed E-state index contributed by atoms with van der Waals surface area (Å²) in [4.78, 5) is 22.8. The number of ether oxygens (including phenoxy) is 1. The van der Waals surface area contributed by atoms with E-state index in [4.69, 9.17) is 10.5 Å². The molecule has 1 aliphatic heterocycles. The first-order chi connectivity index (χ1) is 8.06. The molecule has 1 aromatic carbocycles. The number of carbonyl (C=O) groups is 1. The van der Waals surface area contributed by atoms with E-state index in [9.17, 15) is 14.9 Å². The average Bonchev–Trinajstić information content (AvgIpc) is 2.71. The number of rotatable bonds is 2. The van der Waals surface area contributed by atoms with Crippen LogP contribution in [0.5, 0.6) is 5.75 Å². The molecule has 0 atom stereocenters. The molecule has 0 radical (unpaired) electrons. The number of anilines is 1. The number of nitro benzene ring substituents is 1. The van der Waals surface area contributed by atoms with Crippen molar-refractivity contribution in [2.45, 2.75) is 6.42 Å². The van der Waals surface area contributed by atoms with Crippen molar-refractivity contribution in [2.24, 2.45) is 5.73 Å². The Bertz CT molecular complexity index is 501. The van der Waals surface area contributed by atoms with E-state index in [0.29, 0.717) is 24.3 Å². The minimum absolute atomic E-state index is 0.128. The van der Waals surface area contributed by atoms with Crippen LogP contribution in [0.15, 0.2) is 12.1 Å². The van der Waals surface area contributed by atoms with Gasteiger partial charge in [0.25, 0.3) is 5.69 Å². The molecule has 0 bridgehead atoms. The molecule has 1 aromatic rings. The van der Waals surface area contributed by atoms with E-state index in [1.807, 2.05) is 0 Å². The molecule has 1 heterocycles. The number of fused-ring (bicyclic) bond motifs is 1. The van der Waals surface area contributed by atoms with Gasteiger partial charge < -0.3 is 10.5 Å². The van der Waals surface area contributed by atoms with Crippen molar-refractivity contribution in [2.75, 3.05) is 18.6 Å². The van der Waals surface area contributed by atoms with Crippen LogP contribution in [0.1, 0.15) is 5.56 Å². The summed E-state index contributed by atoms with van der Waals surface area (Å²) in [5, 5.41) is 10.9. The molecule has 2 N–H and O–H groups in total. The fourth-order valence-corrected chi connectivity index (χ4v) is 2.04. The second kappa shape index (κ2) is 3.93. The van der Waals surface area contributed by atoms with E-state index in [-0.39, 0.29) is 11.4 Å². The number of hydrogen-bond donors (Lipinski definition) is 1. The van der Waals surface area contributed by atoms with E-state index in [1.54, 1.807) is 0 Å². The number of nitrogens with two attached hydrogens (primary N) is 1. The van der Waals surface area contributed by atoms with Gasteiger partial charge in [-0.2, -0.15) is 0 Å². The van der Waals surface area contributed by atoms with Gasteiger partial charge in [-0.3, -0.25) is 15.0 Å². The summed E-state index contributed by atoms with van der Waals surface area (Å²) in [6, 6.07) is 2.15. The number of carbonyl (C=O) groups excluding carboxylic acids is 1. The molecule has 17 heavy (non-hydrogen) atoms. The molecule has 0 saturated heterocycles. The standard InChI is InChI=1S/C10H11N3O4/c1-17-8-3-2-7(13(15)16)9-6(8)4-5-12(9)10(11)14/h2-3H,4-5H2,1H3,(H2,11,14). The number of methoxy groups -OCH3 is 1. The Labute approximate surface area is 96.9 Å². The Morgan fingerprint density at radius 1 is 1.59 bits per heavy atom. The van der Waals surface area contributed by atoms with Crippen LogP contribution in [-0.4, -0.2) is 24.6 Å². The number of urea groups is 1. The van der Waals surface area contributed by atoms with Gasteiger partial charge in [-0.05, 0) is 12.5 Å². The quantitative estimate of drug-likeness (QED) is 0.613. The Morgan fingerprint density at radius 2 is 2.29 bits per heavy atom. The van der Waals surface area contributed by atoms with E-state index in [2.05, 4.69) is 0 Å². The van der Waals surface area contributed by atoms with Crippen molar-refractivity contribution in [3.05, 3.63) is 27.8 Å². The SMILES string of the molecule is COc1ccc([N+](=O)[O-])c2c1CCN2C(N)=O. The maximum Gasteiger partial charge on any atom is 0.319 e. The summed E-state index contributed by atoms with van der Waals surface area (Å²) in [5.74, 6) is 0.536. The van der Waals surface area contributed by atoms with Gasteiger partial charge in [0.15, 0.2) is 0 Å². The van der Waals surface area contributed by atoms with Gasteiger partial charge in [0, 0.05) is 18.2 Å². The molecule has 0 spiro atoms. The molecule has 7 heteroatoms. The summed E-state index contributed by atoms with van der Waals surface area (Å²) in [6.07, 6.45) is 0.503.